The van der Waals surface area contributed by atoms with Gasteiger partial charge in [0, 0.05) is 11.8 Å². The molecule has 0 atom stereocenters. The maximum atomic E-state index is 13.5. The number of methoxy groups -OCH3 is 1. The standard InChI is InChI=1S/C21H19ClFN3O4/c1-12-7-17-18(30-6-5-29-17)9-16(12)24-21-25-20(27)19(28-2)11-26(21)10-13-3-4-15(23)14(22)8-13/h3-4,7-9,11H,5-6,10H2,1-2H3,(H,24,25,27). The van der Waals surface area contributed by atoms with Crippen molar-refractivity contribution in [3.63, 3.8) is 0 Å². The molecule has 1 aliphatic heterocycles. The van der Waals surface area contributed by atoms with E-state index in [1.54, 1.807) is 22.9 Å². The Labute approximate surface area is 177 Å². The van der Waals surface area contributed by atoms with Crippen LogP contribution in [-0.2, 0) is 6.54 Å². The van der Waals surface area contributed by atoms with Crippen molar-refractivity contribution in [2.75, 3.05) is 25.6 Å². The van der Waals surface area contributed by atoms with Crippen LogP contribution in [0.15, 0.2) is 41.3 Å². The van der Waals surface area contributed by atoms with Gasteiger partial charge in [-0.1, -0.05) is 17.7 Å². The molecular formula is C21H19ClFN3O4. The number of ether oxygens (including phenoxy) is 3. The highest BCUT2D eigenvalue weighted by Gasteiger charge is 2.16. The summed E-state index contributed by atoms with van der Waals surface area (Å²) in [6, 6.07) is 8.11. The smallest absolute Gasteiger partial charge is 0.316 e. The Morgan fingerprint density at radius 1 is 1.23 bits per heavy atom. The molecule has 0 bridgehead atoms. The first-order valence-corrected chi connectivity index (χ1v) is 9.59. The topological polar surface area (TPSA) is 74.6 Å². The van der Waals surface area contributed by atoms with Gasteiger partial charge in [-0.05, 0) is 36.2 Å². The van der Waals surface area contributed by atoms with Crippen LogP contribution in [0, 0.1) is 12.7 Å². The van der Waals surface area contributed by atoms with Crippen LogP contribution in [0.25, 0.3) is 0 Å². The lowest BCUT2D eigenvalue weighted by atomic mass is 10.1. The molecular weight excluding hydrogens is 413 g/mol. The molecule has 1 aromatic heterocycles. The highest BCUT2D eigenvalue weighted by Crippen LogP contribution is 2.36. The largest absolute Gasteiger partial charge is 0.490 e. The number of hydrogen-bond acceptors (Lipinski definition) is 6. The monoisotopic (exact) mass is 431 g/mol. The summed E-state index contributed by atoms with van der Waals surface area (Å²) in [4.78, 5) is 16.4. The molecule has 0 aliphatic carbocycles. The van der Waals surface area contributed by atoms with E-state index < -0.39 is 11.4 Å². The van der Waals surface area contributed by atoms with E-state index in [0.29, 0.717) is 36.3 Å². The minimum absolute atomic E-state index is 0.0191. The van der Waals surface area contributed by atoms with Crippen LogP contribution >= 0.6 is 11.6 Å². The average molecular weight is 432 g/mol. The minimum atomic E-state index is -0.511. The van der Waals surface area contributed by atoms with E-state index in [1.165, 1.54) is 19.2 Å². The molecule has 0 amide bonds. The van der Waals surface area contributed by atoms with Gasteiger partial charge in [0.2, 0.25) is 11.7 Å². The van der Waals surface area contributed by atoms with Crippen molar-refractivity contribution >= 4 is 23.2 Å². The summed E-state index contributed by atoms with van der Waals surface area (Å²) in [7, 11) is 1.40. The maximum Gasteiger partial charge on any atom is 0.316 e. The predicted molar refractivity (Wildman–Crippen MR) is 111 cm³/mol. The van der Waals surface area contributed by atoms with E-state index >= 15 is 0 Å². The van der Waals surface area contributed by atoms with Gasteiger partial charge in [0.05, 0.1) is 24.9 Å². The summed E-state index contributed by atoms with van der Waals surface area (Å²) < 4.78 is 31.6. The molecule has 3 aromatic rings. The molecule has 1 N–H and O–H groups in total. The number of aryl methyl sites for hydroxylation is 1. The van der Waals surface area contributed by atoms with Crippen molar-refractivity contribution in [2.45, 2.75) is 13.5 Å². The molecule has 0 radical (unpaired) electrons. The van der Waals surface area contributed by atoms with Crippen molar-refractivity contribution in [2.24, 2.45) is 0 Å². The van der Waals surface area contributed by atoms with E-state index in [1.807, 2.05) is 13.0 Å². The molecule has 9 heteroatoms. The molecule has 2 aromatic carbocycles. The molecule has 0 saturated carbocycles. The second-order valence-corrected chi connectivity index (χ2v) is 7.16. The summed E-state index contributed by atoms with van der Waals surface area (Å²) in [6.07, 6.45) is 1.54. The summed E-state index contributed by atoms with van der Waals surface area (Å²) >= 11 is 5.91. The fraction of sp³-hybridized carbons (Fsp3) is 0.238. The van der Waals surface area contributed by atoms with Gasteiger partial charge in [0.25, 0.3) is 0 Å². The number of rotatable bonds is 5. The third-order valence-electron chi connectivity index (χ3n) is 4.66. The number of hydrogen-bond donors (Lipinski definition) is 1. The quantitative estimate of drug-likeness (QED) is 0.660. The Bertz CT molecular complexity index is 1170. The minimum Gasteiger partial charge on any atom is -0.490 e. The Hall–Kier alpha value is -3.26. The number of fused-ring (bicyclic) bond motifs is 1. The predicted octanol–water partition coefficient (Wildman–Crippen LogP) is 3.92. The Kier molecular flexibility index (Phi) is 5.50. The van der Waals surface area contributed by atoms with E-state index in [0.717, 1.165) is 11.1 Å². The number of benzene rings is 2. The lowest BCUT2D eigenvalue weighted by Gasteiger charge is -2.21. The first kappa shape index (κ1) is 20.0. The molecule has 4 rings (SSSR count). The van der Waals surface area contributed by atoms with Gasteiger partial charge in [-0.25, -0.2) is 4.39 Å². The van der Waals surface area contributed by atoms with Gasteiger partial charge in [-0.2, -0.15) is 4.98 Å². The zero-order chi connectivity index (χ0) is 21.3. The summed E-state index contributed by atoms with van der Waals surface area (Å²) in [5, 5.41) is 3.20. The normalized spacial score (nSPS) is 12.5. The van der Waals surface area contributed by atoms with Gasteiger partial charge in [-0.15, -0.1) is 0 Å². The summed E-state index contributed by atoms with van der Waals surface area (Å²) in [5.41, 5.74) is 1.82. The van der Waals surface area contributed by atoms with Gasteiger partial charge in [0.1, 0.15) is 19.0 Å². The average Bonchev–Trinajstić information content (AvgIpc) is 2.73. The lowest BCUT2D eigenvalue weighted by Crippen LogP contribution is -2.19. The molecule has 2 heterocycles. The lowest BCUT2D eigenvalue weighted by molar-refractivity contribution is 0.171. The first-order valence-electron chi connectivity index (χ1n) is 9.21. The van der Waals surface area contributed by atoms with Gasteiger partial charge in [-0.3, -0.25) is 4.79 Å². The number of anilines is 2. The highest BCUT2D eigenvalue weighted by atomic mass is 35.5. The van der Waals surface area contributed by atoms with Crippen molar-refractivity contribution < 1.29 is 18.6 Å². The van der Waals surface area contributed by atoms with Gasteiger partial charge < -0.3 is 24.1 Å². The molecule has 7 nitrogen and oxygen atoms in total. The molecule has 0 spiro atoms. The third-order valence-corrected chi connectivity index (χ3v) is 4.95. The molecule has 0 saturated heterocycles. The Morgan fingerprint density at radius 3 is 2.67 bits per heavy atom. The van der Waals surface area contributed by atoms with E-state index in [-0.39, 0.29) is 17.3 Å². The number of nitrogens with zero attached hydrogens (tertiary/aromatic N) is 2. The first-order chi connectivity index (χ1) is 14.4. The van der Waals surface area contributed by atoms with Crippen LogP contribution in [0.2, 0.25) is 5.02 Å². The molecule has 0 fully saturated rings. The van der Waals surface area contributed by atoms with Gasteiger partial charge in [0.15, 0.2) is 11.5 Å². The van der Waals surface area contributed by atoms with Crippen LogP contribution in [0.1, 0.15) is 11.1 Å². The van der Waals surface area contributed by atoms with Crippen molar-refractivity contribution in [3.8, 4) is 17.2 Å². The molecule has 156 valence electrons. The van der Waals surface area contributed by atoms with Crippen molar-refractivity contribution in [1.29, 1.82) is 0 Å². The Morgan fingerprint density at radius 2 is 1.97 bits per heavy atom. The number of aromatic nitrogens is 2. The zero-order valence-electron chi connectivity index (χ0n) is 16.4. The van der Waals surface area contributed by atoms with Crippen LogP contribution in [0.5, 0.6) is 17.2 Å². The highest BCUT2D eigenvalue weighted by molar-refractivity contribution is 6.30. The maximum absolute atomic E-state index is 13.5. The molecule has 30 heavy (non-hydrogen) atoms. The summed E-state index contributed by atoms with van der Waals surface area (Å²) in [6.45, 7) is 3.16. The summed E-state index contributed by atoms with van der Waals surface area (Å²) in [5.74, 6) is 1.17. The fourth-order valence-electron chi connectivity index (χ4n) is 3.11. The number of halogens is 2. The molecule has 0 unspecified atom stereocenters. The van der Waals surface area contributed by atoms with E-state index in [2.05, 4.69) is 10.3 Å². The Balaban J connectivity index is 1.73. The van der Waals surface area contributed by atoms with Crippen LogP contribution < -0.4 is 25.1 Å². The fourth-order valence-corrected chi connectivity index (χ4v) is 3.32. The second-order valence-electron chi connectivity index (χ2n) is 6.75. The van der Waals surface area contributed by atoms with Crippen LogP contribution in [0.4, 0.5) is 16.0 Å². The van der Waals surface area contributed by atoms with Crippen molar-refractivity contribution in [3.05, 3.63) is 68.8 Å². The third kappa shape index (κ3) is 4.04. The van der Waals surface area contributed by atoms with Crippen molar-refractivity contribution in [1.82, 2.24) is 9.55 Å². The van der Waals surface area contributed by atoms with Gasteiger partial charge >= 0.3 is 5.56 Å². The van der Waals surface area contributed by atoms with Crippen LogP contribution in [0.3, 0.4) is 0 Å². The SMILES string of the molecule is COc1cn(Cc2ccc(F)c(Cl)c2)c(Nc2cc3c(cc2C)OCCO3)nc1=O. The van der Waals surface area contributed by atoms with E-state index in [4.69, 9.17) is 25.8 Å². The second kappa shape index (κ2) is 8.23. The number of nitrogens with one attached hydrogen (secondary N) is 1. The molecule has 1 aliphatic rings. The zero-order valence-corrected chi connectivity index (χ0v) is 17.1. The van der Waals surface area contributed by atoms with E-state index in [9.17, 15) is 9.18 Å². The van der Waals surface area contributed by atoms with Crippen LogP contribution in [-0.4, -0.2) is 29.9 Å².